The zero-order valence-electron chi connectivity index (χ0n) is 10.3. The molecule has 2 rings (SSSR count). The van der Waals surface area contributed by atoms with Crippen LogP contribution >= 0.6 is 11.8 Å². The number of thioether (sulfide) groups is 1. The quantitative estimate of drug-likeness (QED) is 0.841. The number of carbonyl (C=O) groups excluding carboxylic acids is 1. The van der Waals surface area contributed by atoms with Crippen molar-refractivity contribution in [3.05, 3.63) is 24.4 Å². The lowest BCUT2D eigenvalue weighted by molar-refractivity contribution is -0.148. The minimum absolute atomic E-state index is 0.212. The van der Waals surface area contributed by atoms with E-state index in [-0.39, 0.29) is 11.7 Å². The van der Waals surface area contributed by atoms with Gasteiger partial charge in [0, 0.05) is 18.3 Å². The highest BCUT2D eigenvalue weighted by Gasteiger charge is 2.38. The Balaban J connectivity index is 1.97. The van der Waals surface area contributed by atoms with Crippen molar-refractivity contribution >= 4 is 23.4 Å². The fourth-order valence-electron chi connectivity index (χ4n) is 1.83. The van der Waals surface area contributed by atoms with Crippen molar-refractivity contribution in [3.8, 4) is 0 Å². The van der Waals surface area contributed by atoms with E-state index < -0.39 is 5.72 Å². The van der Waals surface area contributed by atoms with E-state index in [2.05, 4.69) is 10.1 Å². The Morgan fingerprint density at radius 1 is 1.61 bits per heavy atom. The maximum atomic E-state index is 12.0. The Labute approximate surface area is 110 Å². The summed E-state index contributed by atoms with van der Waals surface area (Å²) in [5.41, 5.74) is -0.442. The summed E-state index contributed by atoms with van der Waals surface area (Å²) in [5, 5.41) is 16.1. The molecule has 18 heavy (non-hydrogen) atoms. The van der Waals surface area contributed by atoms with Crippen LogP contribution in [0.4, 0.5) is 0 Å². The molecule has 0 bridgehead atoms. The third kappa shape index (κ3) is 2.88. The van der Waals surface area contributed by atoms with Crippen LogP contribution in [-0.4, -0.2) is 38.2 Å². The van der Waals surface area contributed by atoms with Gasteiger partial charge in [-0.2, -0.15) is 5.10 Å². The highest BCUT2D eigenvalue weighted by Crippen LogP contribution is 2.26. The Morgan fingerprint density at radius 2 is 2.39 bits per heavy atom. The summed E-state index contributed by atoms with van der Waals surface area (Å²) in [6, 6.07) is 5.54. The van der Waals surface area contributed by atoms with E-state index >= 15 is 0 Å². The highest BCUT2D eigenvalue weighted by molar-refractivity contribution is 7.99. The second kappa shape index (κ2) is 5.07. The summed E-state index contributed by atoms with van der Waals surface area (Å²) >= 11 is 1.33. The van der Waals surface area contributed by atoms with E-state index in [0.717, 1.165) is 15.7 Å². The topological polar surface area (TPSA) is 65.8 Å². The van der Waals surface area contributed by atoms with Crippen LogP contribution < -0.4 is 0 Å². The number of aliphatic hydroxyl groups is 1. The molecular weight excluding hydrogens is 250 g/mol. The molecule has 1 atom stereocenters. The van der Waals surface area contributed by atoms with Crippen LogP contribution in [0, 0.1) is 0 Å². The average Bonchev–Trinajstić information content (AvgIpc) is 2.61. The highest BCUT2D eigenvalue weighted by atomic mass is 32.2. The average molecular weight is 265 g/mol. The van der Waals surface area contributed by atoms with Crippen molar-refractivity contribution in [2.45, 2.75) is 31.0 Å². The van der Waals surface area contributed by atoms with Gasteiger partial charge >= 0.3 is 0 Å². The minimum Gasteiger partial charge on any atom is -0.369 e. The zero-order valence-corrected chi connectivity index (χ0v) is 11.1. The summed E-state index contributed by atoms with van der Waals surface area (Å²) in [5.74, 6) is -0.00303. The van der Waals surface area contributed by atoms with E-state index in [1.165, 1.54) is 11.8 Å². The molecule has 0 unspecified atom stereocenters. The molecular formula is C12H15N3O2S. The first kappa shape index (κ1) is 13.0. The Hall–Kier alpha value is -1.40. The standard InChI is InChI=1S/C12H15N3O2S/c1-9-7-12(2,17)15(14-9)11(16)8-18-10-5-3-4-6-13-10/h3-6,17H,7-8H2,1-2H3/t12-/m0/s1. The molecule has 0 aliphatic carbocycles. The minimum atomic E-state index is -1.20. The smallest absolute Gasteiger partial charge is 0.255 e. The lowest BCUT2D eigenvalue weighted by atomic mass is 10.1. The molecule has 0 saturated heterocycles. The number of nitrogens with zero attached hydrogens (tertiary/aromatic N) is 3. The number of aromatic nitrogens is 1. The number of amides is 1. The molecule has 5 nitrogen and oxygen atoms in total. The molecule has 2 heterocycles. The van der Waals surface area contributed by atoms with Gasteiger partial charge in [-0.1, -0.05) is 17.8 Å². The van der Waals surface area contributed by atoms with Crippen LogP contribution in [0.3, 0.4) is 0 Å². The van der Waals surface area contributed by atoms with Crippen molar-refractivity contribution < 1.29 is 9.90 Å². The third-order valence-electron chi connectivity index (χ3n) is 2.54. The van der Waals surface area contributed by atoms with Crippen LogP contribution in [0.15, 0.2) is 34.5 Å². The second-order valence-electron chi connectivity index (χ2n) is 4.39. The number of rotatable bonds is 3. The molecule has 0 radical (unpaired) electrons. The number of pyridine rings is 1. The molecule has 1 aliphatic heterocycles. The molecule has 96 valence electrons. The lowest BCUT2D eigenvalue weighted by Crippen LogP contribution is -2.44. The molecule has 1 amide bonds. The SMILES string of the molecule is CC1=NN(C(=O)CSc2ccccn2)[C@@](C)(O)C1. The predicted octanol–water partition coefficient (Wildman–Crippen LogP) is 1.49. The Kier molecular flexibility index (Phi) is 3.68. The first-order valence-electron chi connectivity index (χ1n) is 5.62. The van der Waals surface area contributed by atoms with Crippen LogP contribution in [0.25, 0.3) is 0 Å². The van der Waals surface area contributed by atoms with Crippen LogP contribution in [0.5, 0.6) is 0 Å². The van der Waals surface area contributed by atoms with Gasteiger partial charge in [0.05, 0.1) is 10.8 Å². The summed E-state index contributed by atoms with van der Waals surface area (Å²) in [4.78, 5) is 16.1. The summed E-state index contributed by atoms with van der Waals surface area (Å²) in [7, 11) is 0. The van der Waals surface area contributed by atoms with Gasteiger partial charge in [-0.3, -0.25) is 4.79 Å². The Bertz CT molecular complexity index is 473. The molecule has 1 aromatic heterocycles. The first-order chi connectivity index (χ1) is 8.49. The fourth-order valence-corrected chi connectivity index (χ4v) is 2.53. The molecule has 1 N–H and O–H groups in total. The zero-order chi connectivity index (χ0) is 13.2. The van der Waals surface area contributed by atoms with Gasteiger partial charge in [-0.05, 0) is 26.0 Å². The number of hydrogen-bond acceptors (Lipinski definition) is 5. The van der Waals surface area contributed by atoms with Crippen LogP contribution in [0.2, 0.25) is 0 Å². The molecule has 0 spiro atoms. The Morgan fingerprint density at radius 3 is 2.94 bits per heavy atom. The van der Waals surface area contributed by atoms with E-state index in [0.29, 0.717) is 6.42 Å². The molecule has 0 aromatic carbocycles. The van der Waals surface area contributed by atoms with Gasteiger partial charge in [0.15, 0.2) is 5.72 Å². The van der Waals surface area contributed by atoms with E-state index in [1.54, 1.807) is 20.0 Å². The van der Waals surface area contributed by atoms with Crippen molar-refractivity contribution in [2.24, 2.45) is 5.10 Å². The van der Waals surface area contributed by atoms with E-state index in [9.17, 15) is 9.90 Å². The van der Waals surface area contributed by atoms with Crippen LogP contribution in [-0.2, 0) is 4.79 Å². The summed E-state index contributed by atoms with van der Waals surface area (Å²) < 4.78 is 0. The number of hydrogen-bond donors (Lipinski definition) is 1. The van der Waals surface area contributed by atoms with Crippen molar-refractivity contribution in [3.63, 3.8) is 0 Å². The van der Waals surface area contributed by atoms with Gasteiger partial charge in [-0.25, -0.2) is 9.99 Å². The lowest BCUT2D eigenvalue weighted by Gasteiger charge is -2.26. The fraction of sp³-hybridized carbons (Fsp3) is 0.417. The number of carbonyl (C=O) groups is 1. The third-order valence-corrected chi connectivity index (χ3v) is 3.46. The monoisotopic (exact) mass is 265 g/mol. The molecule has 1 aliphatic rings. The molecule has 6 heteroatoms. The largest absolute Gasteiger partial charge is 0.369 e. The van der Waals surface area contributed by atoms with Crippen molar-refractivity contribution in [2.75, 3.05) is 5.75 Å². The normalized spacial score (nSPS) is 23.1. The molecule has 1 aromatic rings. The molecule has 0 fully saturated rings. The summed E-state index contributed by atoms with van der Waals surface area (Å²) in [6.07, 6.45) is 2.08. The van der Waals surface area contributed by atoms with Gasteiger partial charge in [0.25, 0.3) is 5.91 Å². The predicted molar refractivity (Wildman–Crippen MR) is 70.2 cm³/mol. The second-order valence-corrected chi connectivity index (χ2v) is 5.39. The van der Waals surface area contributed by atoms with E-state index in [1.807, 2.05) is 18.2 Å². The van der Waals surface area contributed by atoms with Crippen LogP contribution in [0.1, 0.15) is 20.3 Å². The van der Waals surface area contributed by atoms with Gasteiger partial charge < -0.3 is 5.11 Å². The maximum absolute atomic E-state index is 12.0. The van der Waals surface area contributed by atoms with Gasteiger partial charge in [0.1, 0.15) is 0 Å². The van der Waals surface area contributed by atoms with Gasteiger partial charge in [-0.15, -0.1) is 0 Å². The number of hydrazone groups is 1. The van der Waals surface area contributed by atoms with Crippen molar-refractivity contribution in [1.29, 1.82) is 0 Å². The summed E-state index contributed by atoms with van der Waals surface area (Å²) in [6.45, 7) is 3.39. The molecule has 0 saturated carbocycles. The van der Waals surface area contributed by atoms with Gasteiger partial charge in [0.2, 0.25) is 0 Å². The first-order valence-corrected chi connectivity index (χ1v) is 6.61. The maximum Gasteiger partial charge on any atom is 0.255 e. The van der Waals surface area contributed by atoms with E-state index in [4.69, 9.17) is 0 Å². The van der Waals surface area contributed by atoms with Crippen molar-refractivity contribution in [1.82, 2.24) is 9.99 Å².